The van der Waals surface area contributed by atoms with E-state index in [0.717, 1.165) is 5.69 Å². The summed E-state index contributed by atoms with van der Waals surface area (Å²) in [4.78, 5) is 2.06. The topological polar surface area (TPSA) is 21.7 Å². The summed E-state index contributed by atoms with van der Waals surface area (Å²) in [6.45, 7) is 3.98. The van der Waals surface area contributed by atoms with E-state index in [4.69, 9.17) is 9.47 Å². The molecule has 0 saturated heterocycles. The zero-order chi connectivity index (χ0) is 11.3. The largest absolute Gasteiger partial charge is 0.362 e. The third kappa shape index (κ3) is 2.94. The highest BCUT2D eigenvalue weighted by molar-refractivity contribution is 5.46. The van der Waals surface area contributed by atoms with Crippen molar-refractivity contribution in [3.05, 3.63) is 30.3 Å². The molecule has 1 aromatic carbocycles. The molecule has 15 heavy (non-hydrogen) atoms. The van der Waals surface area contributed by atoms with Gasteiger partial charge in [0.2, 0.25) is 0 Å². The second kappa shape index (κ2) is 5.73. The van der Waals surface area contributed by atoms with Crippen LogP contribution < -0.4 is 4.90 Å². The summed E-state index contributed by atoms with van der Waals surface area (Å²) in [5.41, 5.74) is 1.07. The molecule has 0 heterocycles. The normalized spacial score (nSPS) is 14.7. The highest BCUT2D eigenvalue weighted by Gasteiger charge is 2.19. The van der Waals surface area contributed by atoms with Crippen LogP contribution in [0.2, 0.25) is 0 Å². The average Bonchev–Trinajstić information content (AvgIpc) is 2.30. The predicted octanol–water partition coefficient (Wildman–Crippen LogP) is 2.28. The standard InChI is InChI=1S/C12H18NO2/c1-10(14-3)13(11(2)15-4)12-8-6-5-7-9-12/h6-11H,1-4H3. The SMILES string of the molecule is COC(C)N(c1cc[c]cc1)C(C)OC. The molecule has 0 aliphatic carbocycles. The molecule has 0 aliphatic rings. The maximum atomic E-state index is 5.33. The number of nitrogens with zero attached hydrogens (tertiary/aromatic N) is 1. The first kappa shape index (κ1) is 12.0. The molecule has 0 saturated carbocycles. The molecule has 0 amide bonds. The third-order valence-electron chi connectivity index (χ3n) is 2.46. The molecule has 0 N–H and O–H groups in total. The maximum Gasteiger partial charge on any atom is 0.129 e. The Hall–Kier alpha value is -1.06. The summed E-state index contributed by atoms with van der Waals surface area (Å²) in [6, 6.07) is 10.7. The molecule has 2 unspecified atom stereocenters. The Morgan fingerprint density at radius 3 is 1.93 bits per heavy atom. The van der Waals surface area contributed by atoms with Crippen LogP contribution >= 0.6 is 0 Å². The van der Waals surface area contributed by atoms with Gasteiger partial charge in [0.15, 0.2) is 0 Å². The fourth-order valence-corrected chi connectivity index (χ4v) is 1.49. The quantitative estimate of drug-likeness (QED) is 0.693. The third-order valence-corrected chi connectivity index (χ3v) is 2.46. The van der Waals surface area contributed by atoms with Gasteiger partial charge in [-0.2, -0.15) is 0 Å². The van der Waals surface area contributed by atoms with Crippen LogP contribution in [0, 0.1) is 6.07 Å². The van der Waals surface area contributed by atoms with Gasteiger partial charge in [-0.25, -0.2) is 0 Å². The lowest BCUT2D eigenvalue weighted by Crippen LogP contribution is -2.42. The van der Waals surface area contributed by atoms with Crippen molar-refractivity contribution < 1.29 is 9.47 Å². The van der Waals surface area contributed by atoms with Gasteiger partial charge in [0.1, 0.15) is 12.5 Å². The van der Waals surface area contributed by atoms with E-state index in [2.05, 4.69) is 11.0 Å². The van der Waals surface area contributed by atoms with E-state index < -0.39 is 0 Å². The summed E-state index contributed by atoms with van der Waals surface area (Å²) in [6.07, 6.45) is -0.0512. The Kier molecular flexibility index (Phi) is 4.59. The van der Waals surface area contributed by atoms with Gasteiger partial charge < -0.3 is 14.4 Å². The number of methoxy groups -OCH3 is 2. The molecular weight excluding hydrogens is 190 g/mol. The van der Waals surface area contributed by atoms with Crippen molar-refractivity contribution in [3.63, 3.8) is 0 Å². The Morgan fingerprint density at radius 2 is 1.53 bits per heavy atom. The van der Waals surface area contributed by atoms with Crippen LogP contribution in [0.15, 0.2) is 24.3 Å². The second-order valence-corrected chi connectivity index (χ2v) is 3.34. The van der Waals surface area contributed by atoms with Crippen molar-refractivity contribution in [2.75, 3.05) is 19.1 Å². The van der Waals surface area contributed by atoms with Gasteiger partial charge in [0, 0.05) is 19.9 Å². The summed E-state index contributed by atoms with van der Waals surface area (Å²) in [7, 11) is 3.38. The molecular formula is C12H18NO2. The van der Waals surface area contributed by atoms with E-state index in [0.29, 0.717) is 0 Å². The van der Waals surface area contributed by atoms with E-state index in [1.54, 1.807) is 14.2 Å². The van der Waals surface area contributed by atoms with Gasteiger partial charge in [-0.3, -0.25) is 0 Å². The lowest BCUT2D eigenvalue weighted by atomic mass is 10.2. The van der Waals surface area contributed by atoms with Crippen LogP contribution in [0.1, 0.15) is 13.8 Å². The molecule has 0 fully saturated rings. The van der Waals surface area contributed by atoms with Crippen LogP contribution in [-0.2, 0) is 9.47 Å². The van der Waals surface area contributed by atoms with E-state index in [-0.39, 0.29) is 12.5 Å². The molecule has 1 radical (unpaired) electrons. The van der Waals surface area contributed by atoms with Crippen LogP contribution in [0.25, 0.3) is 0 Å². The molecule has 3 heteroatoms. The summed E-state index contributed by atoms with van der Waals surface area (Å²) in [5, 5.41) is 0. The van der Waals surface area contributed by atoms with Gasteiger partial charge in [0.25, 0.3) is 0 Å². The lowest BCUT2D eigenvalue weighted by Gasteiger charge is -2.34. The highest BCUT2D eigenvalue weighted by atomic mass is 16.5. The van der Waals surface area contributed by atoms with Crippen molar-refractivity contribution in [2.24, 2.45) is 0 Å². The van der Waals surface area contributed by atoms with E-state index >= 15 is 0 Å². The van der Waals surface area contributed by atoms with Crippen molar-refractivity contribution in [1.29, 1.82) is 0 Å². The number of rotatable bonds is 5. The molecule has 83 valence electrons. The average molecular weight is 208 g/mol. The van der Waals surface area contributed by atoms with Gasteiger partial charge in [-0.1, -0.05) is 12.1 Å². The van der Waals surface area contributed by atoms with E-state index in [9.17, 15) is 0 Å². The first-order valence-electron chi connectivity index (χ1n) is 5.00. The second-order valence-electron chi connectivity index (χ2n) is 3.34. The first-order valence-corrected chi connectivity index (χ1v) is 5.00. The first-order chi connectivity index (χ1) is 7.20. The molecule has 0 aliphatic heterocycles. The Labute approximate surface area is 91.6 Å². The smallest absolute Gasteiger partial charge is 0.129 e. The summed E-state index contributed by atoms with van der Waals surface area (Å²) < 4.78 is 10.7. The zero-order valence-corrected chi connectivity index (χ0v) is 9.73. The number of hydrogen-bond donors (Lipinski definition) is 0. The molecule has 2 atom stereocenters. The van der Waals surface area contributed by atoms with Crippen LogP contribution in [0.4, 0.5) is 5.69 Å². The lowest BCUT2D eigenvalue weighted by molar-refractivity contribution is 0.0427. The van der Waals surface area contributed by atoms with Crippen LogP contribution in [0.3, 0.4) is 0 Å². The minimum atomic E-state index is -0.0256. The van der Waals surface area contributed by atoms with E-state index in [1.165, 1.54) is 0 Å². The van der Waals surface area contributed by atoms with Crippen LogP contribution in [-0.4, -0.2) is 26.7 Å². The van der Waals surface area contributed by atoms with Gasteiger partial charge in [-0.05, 0) is 32.0 Å². The molecule has 0 aromatic heterocycles. The Bertz CT molecular complexity index is 266. The fourth-order valence-electron chi connectivity index (χ4n) is 1.49. The van der Waals surface area contributed by atoms with Crippen molar-refractivity contribution in [3.8, 4) is 0 Å². The number of anilines is 1. The van der Waals surface area contributed by atoms with Crippen molar-refractivity contribution in [2.45, 2.75) is 26.3 Å². The minimum Gasteiger partial charge on any atom is -0.362 e. The number of hydrogen-bond acceptors (Lipinski definition) is 3. The van der Waals surface area contributed by atoms with Gasteiger partial charge in [0.05, 0.1) is 0 Å². The monoisotopic (exact) mass is 208 g/mol. The minimum absolute atomic E-state index is 0.0256. The maximum absolute atomic E-state index is 5.33. The van der Waals surface area contributed by atoms with Crippen molar-refractivity contribution in [1.82, 2.24) is 0 Å². The highest BCUT2D eigenvalue weighted by Crippen LogP contribution is 2.19. The van der Waals surface area contributed by atoms with Crippen molar-refractivity contribution >= 4 is 5.69 Å². The molecule has 3 nitrogen and oxygen atoms in total. The molecule has 0 spiro atoms. The number of benzene rings is 1. The fraction of sp³-hybridized carbons (Fsp3) is 0.500. The van der Waals surface area contributed by atoms with Gasteiger partial charge >= 0.3 is 0 Å². The Balaban J connectivity index is 2.91. The summed E-state index contributed by atoms with van der Waals surface area (Å²) in [5.74, 6) is 0. The predicted molar refractivity (Wildman–Crippen MR) is 60.7 cm³/mol. The van der Waals surface area contributed by atoms with Gasteiger partial charge in [-0.15, -0.1) is 0 Å². The molecule has 1 rings (SSSR count). The van der Waals surface area contributed by atoms with E-state index in [1.807, 2.05) is 38.1 Å². The zero-order valence-electron chi connectivity index (χ0n) is 9.73. The Morgan fingerprint density at radius 1 is 1.07 bits per heavy atom. The molecule has 0 bridgehead atoms. The summed E-state index contributed by atoms with van der Waals surface area (Å²) >= 11 is 0. The number of ether oxygens (including phenoxy) is 2. The molecule has 1 aromatic rings. The van der Waals surface area contributed by atoms with Crippen LogP contribution in [0.5, 0.6) is 0 Å².